The maximum atomic E-state index is 12.7. The number of aromatic nitrogens is 1. The van der Waals surface area contributed by atoms with Crippen LogP contribution in [0.3, 0.4) is 0 Å². The second kappa shape index (κ2) is 8.25. The van der Waals surface area contributed by atoms with E-state index in [0.717, 1.165) is 0 Å². The molecule has 0 bridgehead atoms. The summed E-state index contributed by atoms with van der Waals surface area (Å²) in [7, 11) is 1.19. The van der Waals surface area contributed by atoms with Gasteiger partial charge in [0, 0.05) is 12.4 Å². The zero-order valence-corrected chi connectivity index (χ0v) is 16.4. The maximum absolute atomic E-state index is 12.7. The lowest BCUT2D eigenvalue weighted by Gasteiger charge is -2.32. The number of hydrogen-bond acceptors (Lipinski definition) is 6. The van der Waals surface area contributed by atoms with Crippen LogP contribution in [-0.2, 0) is 25.5 Å². The van der Waals surface area contributed by atoms with Crippen molar-refractivity contribution < 1.29 is 28.6 Å². The Hall–Kier alpha value is -2.51. The fraction of sp³-hybridized carbons (Fsp3) is 0.611. The molecule has 0 fully saturated rings. The van der Waals surface area contributed by atoms with Crippen LogP contribution in [0, 0.1) is 0 Å². The molecule has 1 atom stereocenters. The lowest BCUT2D eigenvalue weighted by molar-refractivity contribution is -0.147. The molecule has 1 rings (SSSR count). The minimum Gasteiger partial charge on any atom is -0.467 e. The van der Waals surface area contributed by atoms with E-state index in [9.17, 15) is 14.4 Å². The molecule has 1 aromatic heterocycles. The van der Waals surface area contributed by atoms with E-state index in [0.29, 0.717) is 4.90 Å². The quantitative estimate of drug-likeness (QED) is 0.599. The van der Waals surface area contributed by atoms with Crippen LogP contribution in [-0.4, -0.2) is 52.0 Å². The highest BCUT2D eigenvalue weighted by atomic mass is 16.6. The zero-order chi connectivity index (χ0) is 20.1. The van der Waals surface area contributed by atoms with Crippen molar-refractivity contribution in [2.75, 3.05) is 7.11 Å². The molecule has 0 radical (unpaired) electrons. The van der Waals surface area contributed by atoms with Crippen molar-refractivity contribution in [3.05, 3.63) is 24.5 Å². The highest BCUT2D eigenvalue weighted by Gasteiger charge is 2.41. The van der Waals surface area contributed by atoms with Gasteiger partial charge in [-0.1, -0.05) is 0 Å². The molecular formula is C18H28N2O6. The minimum atomic E-state index is -1.24. The van der Waals surface area contributed by atoms with Crippen molar-refractivity contribution in [3.63, 3.8) is 0 Å². The maximum Gasteiger partial charge on any atom is 0.420 e. The third kappa shape index (κ3) is 6.78. The van der Waals surface area contributed by atoms with E-state index in [4.69, 9.17) is 14.2 Å². The molecule has 0 aromatic carbocycles. The van der Waals surface area contributed by atoms with E-state index >= 15 is 0 Å². The largest absolute Gasteiger partial charge is 0.467 e. The number of amides is 2. The number of methoxy groups -OCH3 is 1. The number of esters is 1. The van der Waals surface area contributed by atoms with Crippen LogP contribution in [0.4, 0.5) is 9.59 Å². The summed E-state index contributed by atoms with van der Waals surface area (Å²) in [6.07, 6.45) is 1.46. The molecule has 1 heterocycles. The molecule has 146 valence electrons. The first-order chi connectivity index (χ1) is 11.8. The van der Waals surface area contributed by atoms with Crippen LogP contribution < -0.4 is 0 Å². The number of ether oxygens (including phenoxy) is 3. The summed E-state index contributed by atoms with van der Waals surface area (Å²) in [4.78, 5) is 38.3. The van der Waals surface area contributed by atoms with Gasteiger partial charge >= 0.3 is 18.2 Å². The van der Waals surface area contributed by atoms with Gasteiger partial charge in [0.2, 0.25) is 0 Å². The second-order valence-electron chi connectivity index (χ2n) is 7.75. The van der Waals surface area contributed by atoms with Gasteiger partial charge in [0.15, 0.2) is 6.04 Å². The van der Waals surface area contributed by atoms with Crippen molar-refractivity contribution in [3.8, 4) is 0 Å². The Morgan fingerprint density at radius 3 is 1.69 bits per heavy atom. The lowest BCUT2D eigenvalue weighted by Crippen LogP contribution is -2.53. The van der Waals surface area contributed by atoms with E-state index in [1.54, 1.807) is 70.6 Å². The molecule has 0 aliphatic rings. The Bertz CT molecular complexity index is 597. The molecule has 0 spiro atoms. The number of carbonyl (C=O) groups is 3. The summed E-state index contributed by atoms with van der Waals surface area (Å²) in [5.41, 5.74) is -1.71. The lowest BCUT2D eigenvalue weighted by atomic mass is 10.2. The fourth-order valence-electron chi connectivity index (χ4n) is 2.04. The van der Waals surface area contributed by atoms with Gasteiger partial charge in [-0.3, -0.25) is 0 Å². The zero-order valence-electron chi connectivity index (χ0n) is 16.4. The van der Waals surface area contributed by atoms with Crippen molar-refractivity contribution in [1.82, 2.24) is 9.47 Å². The van der Waals surface area contributed by atoms with Crippen LogP contribution in [0.1, 0.15) is 41.5 Å². The first kappa shape index (κ1) is 21.5. The predicted molar refractivity (Wildman–Crippen MR) is 94.5 cm³/mol. The summed E-state index contributed by atoms with van der Waals surface area (Å²) in [5, 5.41) is 0. The fourth-order valence-corrected chi connectivity index (χ4v) is 2.04. The van der Waals surface area contributed by atoms with E-state index in [-0.39, 0.29) is 6.54 Å². The number of nitrogens with zero attached hydrogens (tertiary/aromatic N) is 2. The van der Waals surface area contributed by atoms with E-state index in [1.165, 1.54) is 7.11 Å². The van der Waals surface area contributed by atoms with E-state index in [2.05, 4.69) is 0 Å². The molecule has 0 saturated heterocycles. The Morgan fingerprint density at radius 2 is 1.35 bits per heavy atom. The Balaban J connectivity index is 3.24. The molecule has 8 nitrogen and oxygen atoms in total. The summed E-state index contributed by atoms with van der Waals surface area (Å²) in [6.45, 7) is 10.00. The molecule has 0 N–H and O–H groups in total. The number of carbonyl (C=O) groups excluding carboxylic acids is 3. The molecule has 0 saturated carbocycles. The number of hydrogen-bond donors (Lipinski definition) is 0. The molecule has 26 heavy (non-hydrogen) atoms. The minimum absolute atomic E-state index is 0.0121. The Kier molecular flexibility index (Phi) is 6.83. The SMILES string of the molecule is COC(=O)C(Cn1cccc1)N(C(=O)OC(C)(C)C)C(=O)OC(C)(C)C. The van der Waals surface area contributed by atoms with E-state index < -0.39 is 35.4 Å². The van der Waals surface area contributed by atoms with Crippen molar-refractivity contribution in [2.45, 2.75) is 65.3 Å². The predicted octanol–water partition coefficient (Wildman–Crippen LogP) is 3.20. The van der Waals surface area contributed by atoms with Gasteiger partial charge in [-0.05, 0) is 53.7 Å². The molecule has 8 heteroatoms. The van der Waals surface area contributed by atoms with Gasteiger partial charge in [0.1, 0.15) is 11.2 Å². The van der Waals surface area contributed by atoms with Crippen molar-refractivity contribution in [1.29, 1.82) is 0 Å². The molecular weight excluding hydrogens is 340 g/mol. The number of rotatable bonds is 4. The van der Waals surface area contributed by atoms with Crippen LogP contribution in [0.25, 0.3) is 0 Å². The first-order valence-electron chi connectivity index (χ1n) is 8.28. The molecule has 1 unspecified atom stereocenters. The average molecular weight is 368 g/mol. The van der Waals surface area contributed by atoms with Crippen LogP contribution in [0.2, 0.25) is 0 Å². The van der Waals surface area contributed by atoms with Gasteiger partial charge < -0.3 is 18.8 Å². The van der Waals surface area contributed by atoms with Crippen molar-refractivity contribution >= 4 is 18.2 Å². The summed E-state index contributed by atoms with van der Waals surface area (Å²) in [6, 6.07) is 2.29. The second-order valence-corrected chi connectivity index (χ2v) is 7.75. The molecule has 0 aliphatic carbocycles. The van der Waals surface area contributed by atoms with Crippen LogP contribution >= 0.6 is 0 Å². The highest BCUT2D eigenvalue weighted by Crippen LogP contribution is 2.18. The van der Waals surface area contributed by atoms with Gasteiger partial charge in [-0.15, -0.1) is 0 Å². The van der Waals surface area contributed by atoms with Gasteiger partial charge in [-0.2, -0.15) is 4.90 Å². The van der Waals surface area contributed by atoms with Crippen molar-refractivity contribution in [2.24, 2.45) is 0 Å². The van der Waals surface area contributed by atoms with E-state index in [1.807, 2.05) is 0 Å². The van der Waals surface area contributed by atoms with Gasteiger partial charge in [-0.25, -0.2) is 14.4 Å². The monoisotopic (exact) mass is 368 g/mol. The number of imide groups is 1. The smallest absolute Gasteiger partial charge is 0.420 e. The standard InChI is InChI=1S/C18H28N2O6/c1-17(2,3)25-15(22)20(16(23)26-18(4,5)6)13(14(21)24-7)12-19-10-8-9-11-19/h8-11,13H,12H2,1-7H3. The summed E-state index contributed by atoms with van der Waals surface area (Å²) in [5.74, 6) is -0.754. The summed E-state index contributed by atoms with van der Waals surface area (Å²) >= 11 is 0. The summed E-state index contributed by atoms with van der Waals surface area (Å²) < 4.78 is 17.0. The van der Waals surface area contributed by atoms with Gasteiger partial charge in [0.25, 0.3) is 0 Å². The average Bonchev–Trinajstić information content (AvgIpc) is 2.94. The third-order valence-electron chi connectivity index (χ3n) is 3.02. The Labute approximate surface area is 154 Å². The third-order valence-corrected chi connectivity index (χ3v) is 3.02. The highest BCUT2D eigenvalue weighted by molar-refractivity contribution is 5.94. The molecule has 1 aromatic rings. The first-order valence-corrected chi connectivity index (χ1v) is 8.28. The topological polar surface area (TPSA) is 87.1 Å². The molecule has 0 aliphatic heterocycles. The Morgan fingerprint density at radius 1 is 0.923 bits per heavy atom. The molecule has 2 amide bonds. The van der Waals surface area contributed by atoms with Crippen LogP contribution in [0.5, 0.6) is 0 Å². The van der Waals surface area contributed by atoms with Crippen LogP contribution in [0.15, 0.2) is 24.5 Å². The normalized spacial score (nSPS) is 12.9. The van der Waals surface area contributed by atoms with Gasteiger partial charge in [0.05, 0.1) is 13.7 Å².